The van der Waals surface area contributed by atoms with Crippen molar-refractivity contribution >= 4 is 17.9 Å². The monoisotopic (exact) mass is 947 g/mol. The Labute approximate surface area is 418 Å². The highest BCUT2D eigenvalue weighted by Gasteiger charge is 2.19. The van der Waals surface area contributed by atoms with Gasteiger partial charge in [0.15, 0.2) is 6.10 Å². The minimum absolute atomic E-state index is 0.0628. The van der Waals surface area contributed by atoms with Gasteiger partial charge in [-0.25, -0.2) is 0 Å². The maximum atomic E-state index is 12.8. The van der Waals surface area contributed by atoms with Crippen LogP contribution in [0.25, 0.3) is 0 Å². The van der Waals surface area contributed by atoms with Gasteiger partial charge in [-0.05, 0) is 31.1 Å². The van der Waals surface area contributed by atoms with E-state index in [1.54, 1.807) is 0 Å². The summed E-state index contributed by atoms with van der Waals surface area (Å²) in [4.78, 5) is 38.2. The van der Waals surface area contributed by atoms with Crippen LogP contribution in [0.1, 0.15) is 343 Å². The van der Waals surface area contributed by atoms with Crippen molar-refractivity contribution in [2.75, 3.05) is 13.2 Å². The predicted octanol–water partition coefficient (Wildman–Crippen LogP) is 20.0. The quantitative estimate of drug-likeness (QED) is 0.0343. The molecule has 0 spiro atoms. The second-order valence-electron chi connectivity index (χ2n) is 21.7. The van der Waals surface area contributed by atoms with Gasteiger partial charge >= 0.3 is 17.9 Å². The lowest BCUT2D eigenvalue weighted by molar-refractivity contribution is -0.167. The fourth-order valence-corrected chi connectivity index (χ4v) is 9.37. The zero-order valence-electron chi connectivity index (χ0n) is 46.0. The molecule has 1 unspecified atom stereocenters. The Kier molecular flexibility index (Phi) is 52.5. The third-order valence-electron chi connectivity index (χ3n) is 14.3. The van der Waals surface area contributed by atoms with Gasteiger partial charge in [-0.2, -0.15) is 0 Å². The van der Waals surface area contributed by atoms with Crippen LogP contribution < -0.4 is 0 Å². The third kappa shape index (κ3) is 53.6. The molecule has 6 heteroatoms. The lowest BCUT2D eigenvalue weighted by Gasteiger charge is -2.18. The minimum atomic E-state index is -0.763. The minimum Gasteiger partial charge on any atom is -0.462 e. The number of esters is 3. The van der Waals surface area contributed by atoms with Gasteiger partial charge in [0.1, 0.15) is 13.2 Å². The van der Waals surface area contributed by atoms with Crippen LogP contribution in [0.15, 0.2) is 0 Å². The van der Waals surface area contributed by atoms with E-state index in [1.165, 1.54) is 231 Å². The smallest absolute Gasteiger partial charge is 0.306 e. The molecule has 6 nitrogen and oxygen atoms in total. The van der Waals surface area contributed by atoms with Crippen molar-refractivity contribution in [2.24, 2.45) is 11.8 Å². The standard InChI is InChI=1S/C61H118O6/c1-6-8-9-10-11-12-13-14-15-16-17-18-19-23-26-31-36-41-46-51-59(62)65-54-58(67-61(64)53-48-43-38-33-28-29-34-39-44-49-56(3)4)55-66-60(63)52-47-42-37-32-27-24-21-20-22-25-30-35-40-45-50-57(5)7-2/h56-58H,6-55H2,1-5H3/t57?,58-/m1/s1. The van der Waals surface area contributed by atoms with Crippen LogP contribution in [0.2, 0.25) is 0 Å². The molecule has 0 aromatic rings. The highest BCUT2D eigenvalue weighted by molar-refractivity contribution is 5.71. The number of rotatable bonds is 55. The molecule has 0 aromatic carbocycles. The molecule has 2 atom stereocenters. The first-order valence-electron chi connectivity index (χ1n) is 30.3. The zero-order chi connectivity index (χ0) is 48.9. The molecule has 0 aliphatic rings. The molecule has 0 heterocycles. The first-order valence-corrected chi connectivity index (χ1v) is 30.3. The van der Waals surface area contributed by atoms with Crippen molar-refractivity contribution in [1.29, 1.82) is 0 Å². The molecular formula is C61H118O6. The molecule has 0 rings (SSSR count). The molecule has 67 heavy (non-hydrogen) atoms. The average molecular weight is 948 g/mol. The molecule has 0 amide bonds. The second-order valence-corrected chi connectivity index (χ2v) is 21.7. The Morgan fingerprint density at radius 3 is 0.851 bits per heavy atom. The molecule has 0 aliphatic carbocycles. The SMILES string of the molecule is CCCCCCCCCCCCCCCCCCCCCC(=O)OC[C@H](COC(=O)CCCCCCCCCCCCCCCCC(C)CC)OC(=O)CCCCCCCCCCCC(C)C. The summed E-state index contributed by atoms with van der Waals surface area (Å²) in [6, 6.07) is 0. The van der Waals surface area contributed by atoms with Gasteiger partial charge in [-0.3, -0.25) is 14.4 Å². The Balaban J connectivity index is 4.25. The maximum Gasteiger partial charge on any atom is 0.306 e. The first-order chi connectivity index (χ1) is 32.8. The lowest BCUT2D eigenvalue weighted by Crippen LogP contribution is -2.30. The fourth-order valence-electron chi connectivity index (χ4n) is 9.37. The van der Waals surface area contributed by atoms with Crippen molar-refractivity contribution < 1.29 is 28.6 Å². The van der Waals surface area contributed by atoms with E-state index < -0.39 is 6.10 Å². The molecule has 0 fully saturated rings. The van der Waals surface area contributed by atoms with Crippen LogP contribution in [-0.4, -0.2) is 37.2 Å². The summed E-state index contributed by atoms with van der Waals surface area (Å²) >= 11 is 0. The van der Waals surface area contributed by atoms with Gasteiger partial charge in [0.25, 0.3) is 0 Å². The van der Waals surface area contributed by atoms with E-state index in [0.29, 0.717) is 19.3 Å². The molecule has 0 saturated heterocycles. The highest BCUT2D eigenvalue weighted by atomic mass is 16.6. The molecule has 0 bridgehead atoms. The summed E-state index contributed by atoms with van der Waals surface area (Å²) < 4.78 is 16.9. The van der Waals surface area contributed by atoms with Crippen molar-refractivity contribution in [3.63, 3.8) is 0 Å². The van der Waals surface area contributed by atoms with E-state index in [-0.39, 0.29) is 31.1 Å². The van der Waals surface area contributed by atoms with E-state index in [4.69, 9.17) is 14.2 Å². The van der Waals surface area contributed by atoms with Crippen LogP contribution in [-0.2, 0) is 28.6 Å². The number of hydrogen-bond donors (Lipinski definition) is 0. The Hall–Kier alpha value is -1.59. The number of ether oxygens (including phenoxy) is 3. The summed E-state index contributed by atoms with van der Waals surface area (Å²) in [5, 5.41) is 0. The summed E-state index contributed by atoms with van der Waals surface area (Å²) in [6.07, 6.45) is 58.1. The summed E-state index contributed by atoms with van der Waals surface area (Å²) in [5.74, 6) is 0.863. The van der Waals surface area contributed by atoms with Gasteiger partial charge < -0.3 is 14.2 Å². The predicted molar refractivity (Wildman–Crippen MR) is 289 cm³/mol. The van der Waals surface area contributed by atoms with Crippen molar-refractivity contribution in [1.82, 2.24) is 0 Å². The van der Waals surface area contributed by atoms with Crippen molar-refractivity contribution in [3.05, 3.63) is 0 Å². The summed E-state index contributed by atoms with van der Waals surface area (Å²) in [7, 11) is 0. The van der Waals surface area contributed by atoms with E-state index in [2.05, 4.69) is 34.6 Å². The molecule has 0 radical (unpaired) electrons. The number of carbonyl (C=O) groups is 3. The Bertz CT molecular complexity index is 1030. The van der Waals surface area contributed by atoms with E-state index in [1.807, 2.05) is 0 Å². The van der Waals surface area contributed by atoms with E-state index in [0.717, 1.165) is 69.6 Å². The molecule has 0 saturated carbocycles. The van der Waals surface area contributed by atoms with Gasteiger partial charge in [0.2, 0.25) is 0 Å². The normalized spacial score (nSPS) is 12.4. The van der Waals surface area contributed by atoms with Crippen molar-refractivity contribution in [2.45, 2.75) is 349 Å². The van der Waals surface area contributed by atoms with Gasteiger partial charge in [0, 0.05) is 19.3 Å². The van der Waals surface area contributed by atoms with Crippen LogP contribution in [0, 0.1) is 11.8 Å². The topological polar surface area (TPSA) is 78.9 Å². The van der Waals surface area contributed by atoms with Gasteiger partial charge in [0.05, 0.1) is 0 Å². The van der Waals surface area contributed by atoms with Gasteiger partial charge in [-0.1, -0.05) is 304 Å². The zero-order valence-corrected chi connectivity index (χ0v) is 46.0. The lowest BCUT2D eigenvalue weighted by atomic mass is 9.99. The van der Waals surface area contributed by atoms with E-state index >= 15 is 0 Å². The fraction of sp³-hybridized carbons (Fsp3) is 0.951. The Morgan fingerprint density at radius 2 is 0.567 bits per heavy atom. The van der Waals surface area contributed by atoms with Crippen LogP contribution in [0.5, 0.6) is 0 Å². The van der Waals surface area contributed by atoms with E-state index in [9.17, 15) is 14.4 Å². The number of carbonyl (C=O) groups excluding carboxylic acids is 3. The van der Waals surface area contributed by atoms with Crippen molar-refractivity contribution in [3.8, 4) is 0 Å². The number of unbranched alkanes of at least 4 members (excludes halogenated alkanes) is 39. The Morgan fingerprint density at radius 1 is 0.313 bits per heavy atom. The first kappa shape index (κ1) is 65.4. The summed E-state index contributed by atoms with van der Waals surface area (Å²) in [6.45, 7) is 11.4. The molecular weight excluding hydrogens is 829 g/mol. The largest absolute Gasteiger partial charge is 0.462 e. The molecule has 0 N–H and O–H groups in total. The number of hydrogen-bond acceptors (Lipinski definition) is 6. The average Bonchev–Trinajstić information content (AvgIpc) is 3.31. The third-order valence-corrected chi connectivity index (χ3v) is 14.3. The molecule has 0 aliphatic heterocycles. The molecule has 0 aromatic heterocycles. The van der Waals surface area contributed by atoms with Crippen LogP contribution in [0.3, 0.4) is 0 Å². The van der Waals surface area contributed by atoms with Crippen LogP contribution >= 0.6 is 0 Å². The second kappa shape index (κ2) is 53.8. The maximum absolute atomic E-state index is 12.8. The van der Waals surface area contributed by atoms with Crippen LogP contribution in [0.4, 0.5) is 0 Å². The molecule has 398 valence electrons. The highest BCUT2D eigenvalue weighted by Crippen LogP contribution is 2.19. The van der Waals surface area contributed by atoms with Gasteiger partial charge in [-0.15, -0.1) is 0 Å². The summed E-state index contributed by atoms with van der Waals surface area (Å²) in [5.41, 5.74) is 0.